The van der Waals surface area contributed by atoms with Crippen LogP contribution in [-0.4, -0.2) is 23.8 Å². The number of benzene rings is 3. The van der Waals surface area contributed by atoms with Crippen LogP contribution in [0.3, 0.4) is 0 Å². The van der Waals surface area contributed by atoms with Crippen molar-refractivity contribution >= 4 is 5.97 Å². The molecule has 4 rings (SSSR count). The van der Waals surface area contributed by atoms with Crippen LogP contribution in [0.2, 0.25) is 0 Å². The molecule has 0 spiro atoms. The van der Waals surface area contributed by atoms with Crippen molar-refractivity contribution in [3.05, 3.63) is 120 Å². The van der Waals surface area contributed by atoms with Gasteiger partial charge in [-0.1, -0.05) is 91.0 Å². The van der Waals surface area contributed by atoms with Crippen LogP contribution in [0.25, 0.3) is 0 Å². The van der Waals surface area contributed by atoms with Crippen LogP contribution in [0.5, 0.6) is 0 Å². The first-order valence-corrected chi connectivity index (χ1v) is 9.12. The smallest absolute Gasteiger partial charge is 0.335 e. The number of aliphatic hydroxyl groups excluding tert-OH is 1. The molecule has 0 fully saturated rings. The van der Waals surface area contributed by atoms with E-state index in [0.717, 1.165) is 22.8 Å². The molecule has 1 aliphatic rings. The molecule has 0 aromatic heterocycles. The molecule has 0 radical (unpaired) electrons. The predicted molar refractivity (Wildman–Crippen MR) is 106 cm³/mol. The predicted octanol–water partition coefficient (Wildman–Crippen LogP) is 4.36. The molecule has 28 heavy (non-hydrogen) atoms. The minimum atomic E-state index is -0.918. The molecule has 3 aromatic rings. The zero-order chi connectivity index (χ0) is 19.4. The molecule has 1 atom stereocenters. The monoisotopic (exact) mass is 372 g/mol. The van der Waals surface area contributed by atoms with E-state index in [0.29, 0.717) is 0 Å². The Bertz CT molecular complexity index is 869. The Hall–Kier alpha value is -3.37. The van der Waals surface area contributed by atoms with Gasteiger partial charge in [0.1, 0.15) is 11.4 Å². The largest absolute Gasteiger partial charge is 0.508 e. The van der Waals surface area contributed by atoms with Crippen molar-refractivity contribution in [2.24, 2.45) is 0 Å². The van der Waals surface area contributed by atoms with Crippen molar-refractivity contribution < 1.29 is 19.4 Å². The highest BCUT2D eigenvalue weighted by Gasteiger charge is 2.39. The van der Waals surface area contributed by atoms with Gasteiger partial charge in [0.15, 0.2) is 6.10 Å². The molecule has 0 aliphatic carbocycles. The lowest BCUT2D eigenvalue weighted by Gasteiger charge is -2.36. The Morgan fingerprint density at radius 2 is 1.21 bits per heavy atom. The fraction of sp³-hybridized carbons (Fsp3) is 0.125. The summed E-state index contributed by atoms with van der Waals surface area (Å²) in [6.45, 7) is 0.0206. The van der Waals surface area contributed by atoms with Gasteiger partial charge >= 0.3 is 5.97 Å². The summed E-state index contributed by atoms with van der Waals surface area (Å²) in [5.74, 6) is -0.677. The van der Waals surface area contributed by atoms with Crippen LogP contribution >= 0.6 is 0 Å². The number of hydrogen-bond acceptors (Lipinski definition) is 4. The van der Waals surface area contributed by atoms with E-state index in [9.17, 15) is 9.90 Å². The zero-order valence-corrected chi connectivity index (χ0v) is 15.2. The standard InChI is InChI=1S/C24H20O4/c25-21-16-23(26)28-22(21)17-27-24(18-10-4-1-5-11-18,19-12-6-2-7-13-19)20-14-8-3-9-15-20/h1-16,22,25H,17H2. The quantitative estimate of drug-likeness (QED) is 0.516. The van der Waals surface area contributed by atoms with E-state index < -0.39 is 17.7 Å². The SMILES string of the molecule is O=C1C=C(O)C(COC(c2ccccc2)(c2ccccc2)c2ccccc2)O1. The normalized spacial score (nSPS) is 16.5. The molecule has 3 aromatic carbocycles. The first-order chi connectivity index (χ1) is 13.7. The minimum Gasteiger partial charge on any atom is -0.508 e. The van der Waals surface area contributed by atoms with Crippen molar-refractivity contribution in [3.63, 3.8) is 0 Å². The highest BCUT2D eigenvalue weighted by molar-refractivity contribution is 5.85. The van der Waals surface area contributed by atoms with Crippen molar-refractivity contribution in [2.75, 3.05) is 6.61 Å². The second kappa shape index (κ2) is 7.71. The number of esters is 1. The van der Waals surface area contributed by atoms with Gasteiger partial charge in [0.05, 0.1) is 12.7 Å². The van der Waals surface area contributed by atoms with E-state index in [1.54, 1.807) is 0 Å². The summed E-state index contributed by atoms with van der Waals surface area (Å²) in [6, 6.07) is 29.7. The number of cyclic esters (lactones) is 1. The molecular weight excluding hydrogens is 352 g/mol. The van der Waals surface area contributed by atoms with Gasteiger partial charge in [0, 0.05) is 0 Å². The molecule has 1 unspecified atom stereocenters. The molecule has 0 amide bonds. The lowest BCUT2D eigenvalue weighted by molar-refractivity contribution is -0.143. The lowest BCUT2D eigenvalue weighted by atomic mass is 9.80. The van der Waals surface area contributed by atoms with Gasteiger partial charge in [-0.05, 0) is 16.7 Å². The summed E-state index contributed by atoms with van der Waals surface area (Å²) in [6.07, 6.45) is 0.270. The van der Waals surface area contributed by atoms with Crippen molar-refractivity contribution in [1.29, 1.82) is 0 Å². The number of aliphatic hydroxyl groups is 1. The number of hydrogen-bond donors (Lipinski definition) is 1. The molecular formula is C24H20O4. The highest BCUT2D eigenvalue weighted by atomic mass is 16.6. The van der Waals surface area contributed by atoms with Gasteiger partial charge in [-0.3, -0.25) is 0 Å². The van der Waals surface area contributed by atoms with Gasteiger partial charge in [-0.15, -0.1) is 0 Å². The Morgan fingerprint density at radius 1 is 0.786 bits per heavy atom. The number of ether oxygens (including phenoxy) is 2. The van der Waals surface area contributed by atoms with Crippen LogP contribution in [0.1, 0.15) is 16.7 Å². The van der Waals surface area contributed by atoms with Crippen LogP contribution in [0, 0.1) is 0 Å². The molecule has 140 valence electrons. The van der Waals surface area contributed by atoms with Crippen LogP contribution in [-0.2, 0) is 19.9 Å². The van der Waals surface area contributed by atoms with Crippen LogP contribution in [0.15, 0.2) is 103 Å². The second-order valence-corrected chi connectivity index (χ2v) is 6.58. The maximum atomic E-state index is 11.5. The van der Waals surface area contributed by atoms with Gasteiger partial charge < -0.3 is 14.6 Å². The average Bonchev–Trinajstić information content (AvgIpc) is 3.08. The summed E-state index contributed by atoms with van der Waals surface area (Å²) in [5.41, 5.74) is 1.92. The number of carbonyl (C=O) groups is 1. The summed E-state index contributed by atoms with van der Waals surface area (Å²) in [7, 11) is 0. The molecule has 0 saturated carbocycles. The van der Waals surface area contributed by atoms with E-state index in [1.165, 1.54) is 0 Å². The summed E-state index contributed by atoms with van der Waals surface area (Å²) < 4.78 is 11.7. The van der Waals surface area contributed by atoms with Crippen molar-refractivity contribution in [2.45, 2.75) is 11.7 Å². The second-order valence-electron chi connectivity index (χ2n) is 6.58. The fourth-order valence-electron chi connectivity index (χ4n) is 3.54. The molecule has 0 saturated heterocycles. The first-order valence-electron chi connectivity index (χ1n) is 9.12. The van der Waals surface area contributed by atoms with Crippen molar-refractivity contribution in [3.8, 4) is 0 Å². The molecule has 4 heteroatoms. The third kappa shape index (κ3) is 3.30. The van der Waals surface area contributed by atoms with Crippen LogP contribution in [0.4, 0.5) is 0 Å². The molecule has 0 bridgehead atoms. The van der Waals surface area contributed by atoms with Gasteiger partial charge in [0.2, 0.25) is 0 Å². The molecule has 1 aliphatic heterocycles. The van der Waals surface area contributed by atoms with E-state index in [1.807, 2.05) is 91.0 Å². The van der Waals surface area contributed by atoms with E-state index in [2.05, 4.69) is 0 Å². The fourth-order valence-corrected chi connectivity index (χ4v) is 3.54. The lowest BCUT2D eigenvalue weighted by Crippen LogP contribution is -2.36. The van der Waals surface area contributed by atoms with Gasteiger partial charge in [-0.25, -0.2) is 4.79 Å². The average molecular weight is 372 g/mol. The number of rotatable bonds is 6. The summed E-state index contributed by atoms with van der Waals surface area (Å²) in [4.78, 5) is 11.5. The third-order valence-electron chi connectivity index (χ3n) is 4.85. The zero-order valence-electron chi connectivity index (χ0n) is 15.2. The highest BCUT2D eigenvalue weighted by Crippen LogP contribution is 2.40. The maximum absolute atomic E-state index is 11.5. The van der Waals surface area contributed by atoms with Gasteiger partial charge in [-0.2, -0.15) is 0 Å². The van der Waals surface area contributed by atoms with Crippen LogP contribution < -0.4 is 0 Å². The van der Waals surface area contributed by atoms with Gasteiger partial charge in [0.25, 0.3) is 0 Å². The molecule has 4 nitrogen and oxygen atoms in total. The van der Waals surface area contributed by atoms with E-state index >= 15 is 0 Å². The maximum Gasteiger partial charge on any atom is 0.335 e. The number of carbonyl (C=O) groups excluding carboxylic acids is 1. The van der Waals surface area contributed by atoms with E-state index in [4.69, 9.17) is 9.47 Å². The van der Waals surface area contributed by atoms with E-state index in [-0.39, 0.29) is 12.4 Å². The molecule has 1 N–H and O–H groups in total. The minimum absolute atomic E-state index is 0.0206. The Balaban J connectivity index is 1.84. The third-order valence-corrected chi connectivity index (χ3v) is 4.85. The van der Waals surface area contributed by atoms with Crippen molar-refractivity contribution in [1.82, 2.24) is 0 Å². The first kappa shape index (κ1) is 18.0. The summed E-state index contributed by atoms with van der Waals surface area (Å²) in [5, 5.41) is 10.0. The Labute approximate surface area is 163 Å². The topological polar surface area (TPSA) is 55.8 Å². The Morgan fingerprint density at radius 3 is 1.57 bits per heavy atom. The molecule has 1 heterocycles. The summed E-state index contributed by atoms with van der Waals surface area (Å²) >= 11 is 0. The Kier molecular flexibility index (Phi) is 4.96.